The summed E-state index contributed by atoms with van der Waals surface area (Å²) in [5, 5.41) is 2.08. The molecule has 114 valence electrons. The summed E-state index contributed by atoms with van der Waals surface area (Å²) < 4.78 is 1.19. The highest BCUT2D eigenvalue weighted by molar-refractivity contribution is 7.17. The lowest BCUT2D eigenvalue weighted by Crippen LogP contribution is -2.45. The molecule has 2 aromatic heterocycles. The second-order valence-electron chi connectivity index (χ2n) is 5.75. The predicted molar refractivity (Wildman–Crippen MR) is 89.2 cm³/mol. The largest absolute Gasteiger partial charge is 0.358 e. The number of nitrogens with zero attached hydrogens (tertiary/aromatic N) is 5. The quantitative estimate of drug-likeness (QED) is 0.841. The maximum atomic E-state index is 4.46. The molecule has 6 heteroatoms. The highest BCUT2D eigenvalue weighted by Crippen LogP contribution is 2.27. The van der Waals surface area contributed by atoms with Crippen LogP contribution in [0.3, 0.4) is 0 Å². The van der Waals surface area contributed by atoms with E-state index in [0.29, 0.717) is 0 Å². The fourth-order valence-corrected chi connectivity index (χ4v) is 3.65. The number of hydrogen-bond donors (Lipinski definition) is 0. The van der Waals surface area contributed by atoms with E-state index in [2.05, 4.69) is 50.2 Å². The van der Waals surface area contributed by atoms with Crippen LogP contribution in [0.4, 0.5) is 5.82 Å². The van der Waals surface area contributed by atoms with Gasteiger partial charge in [-0.05, 0) is 31.5 Å². The van der Waals surface area contributed by atoms with E-state index in [0.717, 1.165) is 17.9 Å². The first-order chi connectivity index (χ1) is 10.2. The zero-order valence-corrected chi connectivity index (χ0v) is 13.6. The molecule has 1 saturated heterocycles. The standard InChI is InChI=1S/C15H23N5S/c1-18-7-9-20(10-8-18)6-3-5-19(2)15-14-13(4-11-21-14)16-12-17-15/h4,11-12H,3,5-10H2,1-2H3. The van der Waals surface area contributed by atoms with Crippen molar-refractivity contribution in [1.29, 1.82) is 0 Å². The molecule has 0 radical (unpaired) electrons. The Labute approximate surface area is 130 Å². The molecule has 1 aliphatic rings. The van der Waals surface area contributed by atoms with Gasteiger partial charge in [0.25, 0.3) is 0 Å². The van der Waals surface area contributed by atoms with Crippen molar-refractivity contribution in [2.24, 2.45) is 0 Å². The first kappa shape index (κ1) is 14.7. The van der Waals surface area contributed by atoms with Crippen LogP contribution in [0.5, 0.6) is 0 Å². The Morgan fingerprint density at radius 3 is 2.86 bits per heavy atom. The normalized spacial score (nSPS) is 17.4. The fraction of sp³-hybridized carbons (Fsp3) is 0.600. The number of aromatic nitrogens is 2. The molecule has 0 unspecified atom stereocenters. The molecule has 1 aliphatic heterocycles. The van der Waals surface area contributed by atoms with Gasteiger partial charge >= 0.3 is 0 Å². The summed E-state index contributed by atoms with van der Waals surface area (Å²) in [6, 6.07) is 2.06. The molecule has 0 aliphatic carbocycles. The molecular formula is C15H23N5S. The van der Waals surface area contributed by atoms with E-state index in [-0.39, 0.29) is 0 Å². The summed E-state index contributed by atoms with van der Waals surface area (Å²) in [6.45, 7) is 6.99. The maximum absolute atomic E-state index is 4.46. The number of fused-ring (bicyclic) bond motifs is 1. The lowest BCUT2D eigenvalue weighted by Gasteiger charge is -2.32. The van der Waals surface area contributed by atoms with E-state index in [1.54, 1.807) is 17.7 Å². The van der Waals surface area contributed by atoms with Crippen molar-refractivity contribution in [2.45, 2.75) is 6.42 Å². The van der Waals surface area contributed by atoms with Crippen LogP contribution in [-0.4, -0.2) is 73.1 Å². The Kier molecular flexibility index (Phi) is 4.67. The van der Waals surface area contributed by atoms with Crippen LogP contribution in [0.1, 0.15) is 6.42 Å². The van der Waals surface area contributed by atoms with Crippen LogP contribution in [0, 0.1) is 0 Å². The summed E-state index contributed by atoms with van der Waals surface area (Å²) >= 11 is 1.72. The van der Waals surface area contributed by atoms with Gasteiger partial charge in [0.2, 0.25) is 0 Å². The van der Waals surface area contributed by atoms with Gasteiger partial charge in [0, 0.05) is 39.8 Å². The number of thiophene rings is 1. The van der Waals surface area contributed by atoms with Gasteiger partial charge in [-0.2, -0.15) is 0 Å². The Morgan fingerprint density at radius 2 is 2.05 bits per heavy atom. The Bertz CT molecular complexity index is 576. The average Bonchev–Trinajstić information content (AvgIpc) is 2.97. The number of hydrogen-bond acceptors (Lipinski definition) is 6. The van der Waals surface area contributed by atoms with Crippen LogP contribution >= 0.6 is 11.3 Å². The van der Waals surface area contributed by atoms with Crippen molar-refractivity contribution < 1.29 is 0 Å². The second-order valence-corrected chi connectivity index (χ2v) is 6.67. The second kappa shape index (κ2) is 6.68. The summed E-state index contributed by atoms with van der Waals surface area (Å²) in [4.78, 5) is 16.0. The van der Waals surface area contributed by atoms with E-state index in [4.69, 9.17) is 0 Å². The molecule has 0 N–H and O–H groups in total. The van der Waals surface area contributed by atoms with Gasteiger partial charge < -0.3 is 14.7 Å². The lowest BCUT2D eigenvalue weighted by atomic mass is 10.3. The third kappa shape index (κ3) is 3.51. The van der Waals surface area contributed by atoms with Crippen molar-refractivity contribution in [3.63, 3.8) is 0 Å². The van der Waals surface area contributed by atoms with E-state index >= 15 is 0 Å². The number of anilines is 1. The zero-order valence-electron chi connectivity index (χ0n) is 12.8. The van der Waals surface area contributed by atoms with Crippen molar-refractivity contribution in [3.8, 4) is 0 Å². The SMILES string of the molecule is CN1CCN(CCCN(C)c2ncnc3ccsc23)CC1. The molecule has 0 bridgehead atoms. The van der Waals surface area contributed by atoms with Crippen LogP contribution < -0.4 is 4.90 Å². The molecule has 0 saturated carbocycles. The van der Waals surface area contributed by atoms with Crippen molar-refractivity contribution in [1.82, 2.24) is 19.8 Å². The molecule has 0 atom stereocenters. The van der Waals surface area contributed by atoms with Gasteiger partial charge in [0.1, 0.15) is 12.1 Å². The van der Waals surface area contributed by atoms with E-state index in [1.165, 1.54) is 43.8 Å². The number of piperazine rings is 1. The summed E-state index contributed by atoms with van der Waals surface area (Å²) in [7, 11) is 4.33. The summed E-state index contributed by atoms with van der Waals surface area (Å²) in [5.41, 5.74) is 1.05. The topological polar surface area (TPSA) is 35.5 Å². The molecule has 3 heterocycles. The van der Waals surface area contributed by atoms with Gasteiger partial charge in [0.15, 0.2) is 0 Å². The van der Waals surface area contributed by atoms with E-state index < -0.39 is 0 Å². The minimum absolute atomic E-state index is 1.04. The smallest absolute Gasteiger partial charge is 0.149 e. The third-order valence-electron chi connectivity index (χ3n) is 4.15. The van der Waals surface area contributed by atoms with Gasteiger partial charge in [-0.25, -0.2) is 9.97 Å². The van der Waals surface area contributed by atoms with Crippen LogP contribution in [0.15, 0.2) is 17.8 Å². The van der Waals surface area contributed by atoms with Crippen molar-refractivity contribution in [2.75, 3.05) is 58.3 Å². The highest BCUT2D eigenvalue weighted by atomic mass is 32.1. The Morgan fingerprint density at radius 1 is 1.24 bits per heavy atom. The van der Waals surface area contributed by atoms with Crippen molar-refractivity contribution >= 4 is 27.4 Å². The highest BCUT2D eigenvalue weighted by Gasteiger charge is 2.14. The summed E-state index contributed by atoms with van der Waals surface area (Å²) in [6.07, 6.45) is 2.85. The van der Waals surface area contributed by atoms with Crippen LogP contribution in [0.25, 0.3) is 10.2 Å². The molecule has 1 fully saturated rings. The predicted octanol–water partition coefficient (Wildman–Crippen LogP) is 1.76. The lowest BCUT2D eigenvalue weighted by molar-refractivity contribution is 0.153. The molecule has 5 nitrogen and oxygen atoms in total. The Hall–Kier alpha value is -1.24. The summed E-state index contributed by atoms with van der Waals surface area (Å²) in [5.74, 6) is 1.06. The third-order valence-corrected chi connectivity index (χ3v) is 5.05. The fourth-order valence-electron chi connectivity index (χ4n) is 2.76. The van der Waals surface area contributed by atoms with E-state index in [9.17, 15) is 0 Å². The zero-order chi connectivity index (χ0) is 14.7. The van der Waals surface area contributed by atoms with Gasteiger partial charge in [-0.3, -0.25) is 0 Å². The molecule has 0 spiro atoms. The van der Waals surface area contributed by atoms with Crippen molar-refractivity contribution in [3.05, 3.63) is 17.8 Å². The maximum Gasteiger partial charge on any atom is 0.149 e. The molecule has 0 amide bonds. The van der Waals surface area contributed by atoms with Crippen LogP contribution in [-0.2, 0) is 0 Å². The molecule has 21 heavy (non-hydrogen) atoms. The first-order valence-corrected chi connectivity index (χ1v) is 8.42. The number of likely N-dealkylation sites (N-methyl/N-ethyl adjacent to an activating group) is 1. The van der Waals surface area contributed by atoms with Gasteiger partial charge in [0.05, 0.1) is 10.2 Å². The molecule has 3 rings (SSSR count). The average molecular weight is 305 g/mol. The van der Waals surface area contributed by atoms with Gasteiger partial charge in [-0.15, -0.1) is 11.3 Å². The monoisotopic (exact) mass is 305 g/mol. The minimum Gasteiger partial charge on any atom is -0.358 e. The minimum atomic E-state index is 1.04. The first-order valence-electron chi connectivity index (χ1n) is 7.54. The number of rotatable bonds is 5. The Balaban J connectivity index is 1.52. The molecule has 2 aromatic rings. The molecule has 0 aromatic carbocycles. The molecular weight excluding hydrogens is 282 g/mol. The van der Waals surface area contributed by atoms with E-state index in [1.807, 2.05) is 0 Å². The van der Waals surface area contributed by atoms with Crippen LogP contribution in [0.2, 0.25) is 0 Å². The van der Waals surface area contributed by atoms with Gasteiger partial charge in [-0.1, -0.05) is 0 Å².